The predicted octanol–water partition coefficient (Wildman–Crippen LogP) is 1.97. The Morgan fingerprint density at radius 1 is 1.30 bits per heavy atom. The second-order valence-electron chi connectivity index (χ2n) is 4.99. The van der Waals surface area contributed by atoms with Crippen LogP contribution in [0.25, 0.3) is 5.69 Å². The quantitative estimate of drug-likeness (QED) is 0.793. The maximum absolute atomic E-state index is 11.8. The average Bonchev–Trinajstić information content (AvgIpc) is 2.99. The number of nitrogens with zero attached hydrogens (tertiary/aromatic N) is 4. The predicted molar refractivity (Wildman–Crippen MR) is 71.0 cm³/mol. The molecule has 0 saturated heterocycles. The molecule has 0 radical (unpaired) electrons. The third kappa shape index (κ3) is 3.20. The standard InChI is InChI=1S/C14H14N4O2/c1-14(2,7-15)8-20-13(19)11-3-5-12(6-4-11)18-9-16-17-10-18/h3-6,9-10H,8H2,1-2H3. The van der Waals surface area contributed by atoms with E-state index in [1.165, 1.54) is 0 Å². The molecule has 6 heteroatoms. The van der Waals surface area contributed by atoms with Crippen LogP contribution in [0.5, 0.6) is 0 Å². The maximum Gasteiger partial charge on any atom is 0.338 e. The van der Waals surface area contributed by atoms with Gasteiger partial charge < -0.3 is 4.74 Å². The summed E-state index contributed by atoms with van der Waals surface area (Å²) in [6.07, 6.45) is 3.14. The van der Waals surface area contributed by atoms with E-state index in [1.54, 1.807) is 55.3 Å². The van der Waals surface area contributed by atoms with E-state index in [0.717, 1.165) is 5.69 Å². The van der Waals surface area contributed by atoms with Gasteiger partial charge in [-0.25, -0.2) is 4.79 Å². The minimum atomic E-state index is -0.682. The van der Waals surface area contributed by atoms with Crippen LogP contribution in [-0.4, -0.2) is 27.3 Å². The fourth-order valence-corrected chi connectivity index (χ4v) is 1.47. The van der Waals surface area contributed by atoms with Crippen molar-refractivity contribution < 1.29 is 9.53 Å². The van der Waals surface area contributed by atoms with Gasteiger partial charge in [0, 0.05) is 5.69 Å². The summed E-state index contributed by atoms with van der Waals surface area (Å²) in [4.78, 5) is 11.8. The van der Waals surface area contributed by atoms with Crippen molar-refractivity contribution in [1.29, 1.82) is 5.26 Å². The molecule has 1 heterocycles. The van der Waals surface area contributed by atoms with E-state index >= 15 is 0 Å². The van der Waals surface area contributed by atoms with Gasteiger partial charge in [0.05, 0.1) is 17.0 Å². The van der Waals surface area contributed by atoms with Crippen LogP contribution in [-0.2, 0) is 4.74 Å². The zero-order valence-electron chi connectivity index (χ0n) is 11.3. The molecule has 2 rings (SSSR count). The summed E-state index contributed by atoms with van der Waals surface area (Å²) in [5.41, 5.74) is 0.609. The molecule has 2 aromatic rings. The number of aromatic nitrogens is 3. The Balaban J connectivity index is 2.03. The van der Waals surface area contributed by atoms with Gasteiger partial charge in [-0.15, -0.1) is 10.2 Å². The van der Waals surface area contributed by atoms with E-state index in [0.29, 0.717) is 5.56 Å². The second kappa shape index (κ2) is 5.53. The number of esters is 1. The van der Waals surface area contributed by atoms with Gasteiger partial charge in [-0.3, -0.25) is 4.57 Å². The zero-order valence-corrected chi connectivity index (χ0v) is 11.3. The van der Waals surface area contributed by atoms with Crippen molar-refractivity contribution >= 4 is 5.97 Å². The van der Waals surface area contributed by atoms with Crippen molar-refractivity contribution in [3.8, 4) is 11.8 Å². The van der Waals surface area contributed by atoms with E-state index in [1.807, 2.05) is 0 Å². The van der Waals surface area contributed by atoms with E-state index in [4.69, 9.17) is 10.00 Å². The van der Waals surface area contributed by atoms with Crippen LogP contribution in [0.2, 0.25) is 0 Å². The lowest BCUT2D eigenvalue weighted by molar-refractivity contribution is 0.0407. The Morgan fingerprint density at radius 2 is 1.90 bits per heavy atom. The lowest BCUT2D eigenvalue weighted by Gasteiger charge is -2.15. The maximum atomic E-state index is 11.8. The van der Waals surface area contributed by atoms with Crippen molar-refractivity contribution in [2.75, 3.05) is 6.61 Å². The highest BCUT2D eigenvalue weighted by molar-refractivity contribution is 5.89. The van der Waals surface area contributed by atoms with E-state index in [9.17, 15) is 4.79 Å². The minimum absolute atomic E-state index is 0.0650. The van der Waals surface area contributed by atoms with Gasteiger partial charge in [0.2, 0.25) is 0 Å². The molecule has 0 aliphatic rings. The molecule has 0 aliphatic heterocycles. The molecule has 0 bridgehead atoms. The molecule has 6 nitrogen and oxygen atoms in total. The molecule has 102 valence electrons. The minimum Gasteiger partial charge on any atom is -0.460 e. The van der Waals surface area contributed by atoms with Crippen LogP contribution in [0.1, 0.15) is 24.2 Å². The number of rotatable bonds is 4. The van der Waals surface area contributed by atoms with Crippen molar-refractivity contribution in [3.63, 3.8) is 0 Å². The number of nitriles is 1. The topological polar surface area (TPSA) is 80.8 Å². The summed E-state index contributed by atoms with van der Waals surface area (Å²) in [6.45, 7) is 3.50. The molecular formula is C14H14N4O2. The van der Waals surface area contributed by atoms with Crippen LogP contribution in [0.3, 0.4) is 0 Å². The monoisotopic (exact) mass is 270 g/mol. The van der Waals surface area contributed by atoms with Crippen molar-refractivity contribution in [3.05, 3.63) is 42.5 Å². The number of ether oxygens (including phenoxy) is 1. The summed E-state index contributed by atoms with van der Waals surface area (Å²) in [5, 5.41) is 16.3. The lowest BCUT2D eigenvalue weighted by Crippen LogP contribution is -2.20. The van der Waals surface area contributed by atoms with E-state index in [2.05, 4.69) is 16.3 Å². The molecule has 20 heavy (non-hydrogen) atoms. The molecule has 0 atom stereocenters. The van der Waals surface area contributed by atoms with E-state index in [-0.39, 0.29) is 6.61 Å². The van der Waals surface area contributed by atoms with Crippen LogP contribution in [0.4, 0.5) is 0 Å². The highest BCUT2D eigenvalue weighted by Gasteiger charge is 2.19. The fourth-order valence-electron chi connectivity index (χ4n) is 1.47. The average molecular weight is 270 g/mol. The molecule has 0 spiro atoms. The summed E-state index contributed by atoms with van der Waals surface area (Å²) < 4.78 is 6.85. The van der Waals surface area contributed by atoms with Gasteiger partial charge in [-0.2, -0.15) is 5.26 Å². The van der Waals surface area contributed by atoms with Crippen LogP contribution in [0.15, 0.2) is 36.9 Å². The number of hydrogen-bond donors (Lipinski definition) is 0. The first-order valence-electron chi connectivity index (χ1n) is 6.05. The molecule has 0 amide bonds. The van der Waals surface area contributed by atoms with Gasteiger partial charge >= 0.3 is 5.97 Å². The molecule has 0 saturated carbocycles. The Morgan fingerprint density at radius 3 is 2.45 bits per heavy atom. The van der Waals surface area contributed by atoms with Gasteiger partial charge in [0.15, 0.2) is 0 Å². The van der Waals surface area contributed by atoms with Gasteiger partial charge in [0.25, 0.3) is 0 Å². The Hall–Kier alpha value is -2.68. The Bertz CT molecular complexity index is 624. The van der Waals surface area contributed by atoms with Gasteiger partial charge in [-0.1, -0.05) is 0 Å². The highest BCUT2D eigenvalue weighted by Crippen LogP contribution is 2.15. The van der Waals surface area contributed by atoms with Gasteiger partial charge in [-0.05, 0) is 38.1 Å². The summed E-state index contributed by atoms with van der Waals surface area (Å²) >= 11 is 0. The molecule has 0 aliphatic carbocycles. The largest absolute Gasteiger partial charge is 0.460 e. The van der Waals surface area contributed by atoms with E-state index < -0.39 is 11.4 Å². The number of carbonyl (C=O) groups excluding carboxylic acids is 1. The van der Waals surface area contributed by atoms with Crippen molar-refractivity contribution in [1.82, 2.24) is 14.8 Å². The molecule has 0 unspecified atom stereocenters. The Kier molecular flexibility index (Phi) is 3.80. The molecule has 0 fully saturated rings. The third-order valence-electron chi connectivity index (χ3n) is 2.69. The van der Waals surface area contributed by atoms with Crippen LogP contribution < -0.4 is 0 Å². The SMILES string of the molecule is CC(C)(C#N)COC(=O)c1ccc(-n2cnnc2)cc1. The first-order valence-corrected chi connectivity index (χ1v) is 6.05. The lowest BCUT2D eigenvalue weighted by atomic mass is 9.98. The first kappa shape index (κ1) is 13.7. The van der Waals surface area contributed by atoms with Crippen LogP contribution in [0, 0.1) is 16.7 Å². The fraction of sp³-hybridized carbons (Fsp3) is 0.286. The second-order valence-corrected chi connectivity index (χ2v) is 4.99. The van der Waals surface area contributed by atoms with Gasteiger partial charge in [0.1, 0.15) is 19.3 Å². The van der Waals surface area contributed by atoms with Crippen LogP contribution >= 0.6 is 0 Å². The molecule has 0 N–H and O–H groups in total. The third-order valence-corrected chi connectivity index (χ3v) is 2.69. The molecule has 1 aromatic carbocycles. The summed E-state index contributed by atoms with van der Waals surface area (Å²) in [6, 6.07) is 8.96. The zero-order chi connectivity index (χ0) is 14.6. The number of hydrogen-bond acceptors (Lipinski definition) is 5. The molecular weight excluding hydrogens is 256 g/mol. The van der Waals surface area contributed by atoms with Crippen molar-refractivity contribution in [2.24, 2.45) is 5.41 Å². The number of carbonyl (C=O) groups is 1. The summed E-state index contributed by atoms with van der Waals surface area (Å²) in [7, 11) is 0. The smallest absolute Gasteiger partial charge is 0.338 e. The first-order chi connectivity index (χ1) is 9.52. The Labute approximate surface area is 116 Å². The highest BCUT2D eigenvalue weighted by atomic mass is 16.5. The molecule has 1 aromatic heterocycles. The number of benzene rings is 1. The van der Waals surface area contributed by atoms with Crippen molar-refractivity contribution in [2.45, 2.75) is 13.8 Å². The normalized spacial score (nSPS) is 10.8. The summed E-state index contributed by atoms with van der Waals surface area (Å²) in [5.74, 6) is -0.441.